The molecule has 6 heteroatoms. The first-order chi connectivity index (χ1) is 9.60. The van der Waals surface area contributed by atoms with Crippen LogP contribution in [-0.2, 0) is 16.0 Å². The quantitative estimate of drug-likeness (QED) is 0.927. The van der Waals surface area contributed by atoms with E-state index in [0.29, 0.717) is 5.02 Å². The number of benzene rings is 1. The van der Waals surface area contributed by atoms with Crippen LogP contribution in [0.25, 0.3) is 0 Å². The lowest BCUT2D eigenvalue weighted by Gasteiger charge is -2.28. The van der Waals surface area contributed by atoms with E-state index in [9.17, 15) is 14.7 Å². The number of carboxylic acids is 1. The number of hydrogen-bond donors (Lipinski definition) is 1. The fourth-order valence-corrected chi connectivity index (χ4v) is 1.95. The maximum atomic E-state index is 12.0. The van der Waals surface area contributed by atoms with Crippen LogP contribution in [0.1, 0.15) is 26.3 Å². The van der Waals surface area contributed by atoms with Gasteiger partial charge in [-0.25, -0.2) is 9.59 Å². The molecule has 0 saturated heterocycles. The third kappa shape index (κ3) is 5.63. The summed E-state index contributed by atoms with van der Waals surface area (Å²) < 4.78 is 5.19. The van der Waals surface area contributed by atoms with Gasteiger partial charge in [0.1, 0.15) is 11.6 Å². The van der Waals surface area contributed by atoms with Crippen molar-refractivity contribution in [2.45, 2.75) is 38.8 Å². The van der Waals surface area contributed by atoms with Gasteiger partial charge in [-0.15, -0.1) is 0 Å². The molecule has 0 fully saturated rings. The molecule has 0 radical (unpaired) electrons. The van der Waals surface area contributed by atoms with E-state index in [0.717, 1.165) is 10.5 Å². The maximum Gasteiger partial charge on any atom is 0.410 e. The Balaban J connectivity index is 2.86. The second-order valence-electron chi connectivity index (χ2n) is 5.78. The van der Waals surface area contributed by atoms with Crippen molar-refractivity contribution in [2.24, 2.45) is 0 Å². The number of ether oxygens (including phenoxy) is 1. The van der Waals surface area contributed by atoms with Gasteiger partial charge in [0, 0.05) is 18.5 Å². The van der Waals surface area contributed by atoms with Crippen molar-refractivity contribution in [3.8, 4) is 0 Å². The summed E-state index contributed by atoms with van der Waals surface area (Å²) in [6.07, 6.45) is -0.511. The molecule has 116 valence electrons. The smallest absolute Gasteiger partial charge is 0.410 e. The average molecular weight is 314 g/mol. The van der Waals surface area contributed by atoms with Gasteiger partial charge in [-0.1, -0.05) is 23.7 Å². The van der Waals surface area contributed by atoms with E-state index in [1.165, 1.54) is 7.05 Å². The SMILES string of the molecule is CN(C(=O)OC(C)(C)C)[C@@H](Cc1cccc(Cl)c1)C(=O)O. The molecule has 0 unspecified atom stereocenters. The Hall–Kier alpha value is -1.75. The highest BCUT2D eigenvalue weighted by molar-refractivity contribution is 6.30. The largest absolute Gasteiger partial charge is 0.480 e. The van der Waals surface area contributed by atoms with E-state index >= 15 is 0 Å². The van der Waals surface area contributed by atoms with Gasteiger partial charge in [-0.05, 0) is 38.5 Å². The van der Waals surface area contributed by atoms with Gasteiger partial charge in [0.15, 0.2) is 0 Å². The van der Waals surface area contributed by atoms with Gasteiger partial charge in [0.2, 0.25) is 0 Å². The second kappa shape index (κ2) is 6.80. The third-order valence-corrected chi connectivity index (χ3v) is 2.99. The Morgan fingerprint density at radius 2 is 2.00 bits per heavy atom. The number of amides is 1. The number of carboxylic acid groups (broad SMARTS) is 1. The van der Waals surface area contributed by atoms with Gasteiger partial charge < -0.3 is 9.84 Å². The van der Waals surface area contributed by atoms with E-state index in [1.54, 1.807) is 45.0 Å². The van der Waals surface area contributed by atoms with Gasteiger partial charge in [-0.3, -0.25) is 4.90 Å². The van der Waals surface area contributed by atoms with E-state index in [1.807, 2.05) is 0 Å². The molecule has 1 rings (SSSR count). The predicted molar refractivity (Wildman–Crippen MR) is 80.6 cm³/mol. The molecule has 1 aromatic rings. The Morgan fingerprint density at radius 1 is 1.38 bits per heavy atom. The van der Waals surface area contributed by atoms with E-state index < -0.39 is 23.7 Å². The zero-order chi connectivity index (χ0) is 16.2. The van der Waals surface area contributed by atoms with E-state index in [-0.39, 0.29) is 6.42 Å². The molecule has 1 aromatic carbocycles. The fourth-order valence-electron chi connectivity index (χ4n) is 1.74. The topological polar surface area (TPSA) is 66.8 Å². The zero-order valence-corrected chi connectivity index (χ0v) is 13.3. The number of likely N-dealkylation sites (N-methyl/N-ethyl adjacent to an activating group) is 1. The van der Waals surface area contributed by atoms with Gasteiger partial charge in [-0.2, -0.15) is 0 Å². The summed E-state index contributed by atoms with van der Waals surface area (Å²) in [6.45, 7) is 5.18. The summed E-state index contributed by atoms with van der Waals surface area (Å²) in [5.74, 6) is -1.09. The standard InChI is InChI=1S/C15H20ClNO4/c1-15(2,3)21-14(20)17(4)12(13(18)19)9-10-6-5-7-11(16)8-10/h5-8,12H,9H2,1-4H3,(H,18,19)/t12-/m0/s1. The molecule has 0 saturated carbocycles. The van der Waals surface area contributed by atoms with Crippen molar-refractivity contribution >= 4 is 23.7 Å². The first kappa shape index (κ1) is 17.3. The second-order valence-corrected chi connectivity index (χ2v) is 6.22. The van der Waals surface area contributed by atoms with Crippen LogP contribution >= 0.6 is 11.6 Å². The first-order valence-electron chi connectivity index (χ1n) is 6.53. The number of aliphatic carboxylic acids is 1. The van der Waals surface area contributed by atoms with E-state index in [2.05, 4.69) is 0 Å². The van der Waals surface area contributed by atoms with Crippen LogP contribution in [0.2, 0.25) is 5.02 Å². The number of carbonyl (C=O) groups is 2. The molecule has 0 spiro atoms. The van der Waals surface area contributed by atoms with Crippen LogP contribution in [0, 0.1) is 0 Å². The van der Waals surface area contributed by atoms with Gasteiger partial charge in [0.25, 0.3) is 0 Å². The Morgan fingerprint density at radius 3 is 2.48 bits per heavy atom. The molecule has 0 aromatic heterocycles. The van der Waals surface area contributed by atoms with Crippen molar-refractivity contribution in [1.82, 2.24) is 4.90 Å². The molecule has 21 heavy (non-hydrogen) atoms. The molecule has 1 amide bonds. The molecule has 0 aliphatic heterocycles. The lowest BCUT2D eigenvalue weighted by atomic mass is 10.1. The van der Waals surface area contributed by atoms with Crippen molar-refractivity contribution in [3.05, 3.63) is 34.9 Å². The summed E-state index contributed by atoms with van der Waals surface area (Å²) >= 11 is 5.88. The molecular formula is C15H20ClNO4. The molecule has 1 N–H and O–H groups in total. The number of carbonyl (C=O) groups excluding carboxylic acids is 1. The zero-order valence-electron chi connectivity index (χ0n) is 12.6. The summed E-state index contributed by atoms with van der Waals surface area (Å²) in [4.78, 5) is 24.5. The van der Waals surface area contributed by atoms with Crippen LogP contribution in [0.3, 0.4) is 0 Å². The minimum absolute atomic E-state index is 0.158. The molecule has 0 aliphatic carbocycles. The van der Waals surface area contributed by atoms with Gasteiger partial charge in [0.05, 0.1) is 0 Å². The Kier molecular flexibility index (Phi) is 5.61. The summed E-state index contributed by atoms with van der Waals surface area (Å²) in [5, 5.41) is 9.86. The molecule has 0 bridgehead atoms. The molecule has 1 atom stereocenters. The number of hydrogen-bond acceptors (Lipinski definition) is 3. The molecule has 5 nitrogen and oxygen atoms in total. The molecule has 0 aliphatic rings. The Labute approximate surface area is 129 Å². The average Bonchev–Trinajstić information content (AvgIpc) is 2.32. The van der Waals surface area contributed by atoms with Crippen molar-refractivity contribution in [1.29, 1.82) is 0 Å². The summed E-state index contributed by atoms with van der Waals surface area (Å²) in [7, 11) is 1.41. The number of halogens is 1. The monoisotopic (exact) mass is 313 g/mol. The highest BCUT2D eigenvalue weighted by Gasteiger charge is 2.30. The minimum Gasteiger partial charge on any atom is -0.480 e. The highest BCUT2D eigenvalue weighted by Crippen LogP contribution is 2.16. The third-order valence-electron chi connectivity index (χ3n) is 2.75. The normalized spacial score (nSPS) is 12.6. The van der Waals surface area contributed by atoms with Crippen LogP contribution < -0.4 is 0 Å². The maximum absolute atomic E-state index is 12.0. The summed E-state index contributed by atoms with van der Waals surface area (Å²) in [6, 6.07) is 5.88. The van der Waals surface area contributed by atoms with Crippen LogP contribution in [0.15, 0.2) is 24.3 Å². The lowest BCUT2D eigenvalue weighted by Crippen LogP contribution is -2.46. The van der Waals surface area contributed by atoms with E-state index in [4.69, 9.17) is 16.3 Å². The van der Waals surface area contributed by atoms with Crippen LogP contribution in [0.5, 0.6) is 0 Å². The molecular weight excluding hydrogens is 294 g/mol. The number of nitrogens with zero attached hydrogens (tertiary/aromatic N) is 1. The van der Waals surface area contributed by atoms with Crippen LogP contribution in [0.4, 0.5) is 4.79 Å². The number of rotatable bonds is 4. The van der Waals surface area contributed by atoms with Crippen LogP contribution in [-0.4, -0.2) is 40.8 Å². The van der Waals surface area contributed by atoms with Crippen molar-refractivity contribution in [3.63, 3.8) is 0 Å². The molecule has 0 heterocycles. The fraction of sp³-hybridized carbons (Fsp3) is 0.467. The van der Waals surface area contributed by atoms with Gasteiger partial charge >= 0.3 is 12.1 Å². The highest BCUT2D eigenvalue weighted by atomic mass is 35.5. The minimum atomic E-state index is -1.09. The van der Waals surface area contributed by atoms with Crippen molar-refractivity contribution < 1.29 is 19.4 Å². The first-order valence-corrected chi connectivity index (χ1v) is 6.91. The predicted octanol–water partition coefficient (Wildman–Crippen LogP) is 3.20. The lowest BCUT2D eigenvalue weighted by molar-refractivity contribution is -0.142. The summed E-state index contributed by atoms with van der Waals surface area (Å²) in [5.41, 5.74) is 0.0649. The Bertz CT molecular complexity index is 525. The van der Waals surface area contributed by atoms with Crippen molar-refractivity contribution in [2.75, 3.05) is 7.05 Å².